The lowest BCUT2D eigenvalue weighted by Gasteiger charge is -2.06. The summed E-state index contributed by atoms with van der Waals surface area (Å²) < 4.78 is 5.47. The molecule has 0 unspecified atom stereocenters. The number of fused-ring (bicyclic) bond motifs is 1. The van der Waals surface area contributed by atoms with Gasteiger partial charge in [-0.1, -0.05) is 42.5 Å². The minimum absolute atomic E-state index is 0.187. The number of nitrogens with one attached hydrogen (secondary N) is 1. The summed E-state index contributed by atoms with van der Waals surface area (Å²) in [4.78, 5) is 0. The van der Waals surface area contributed by atoms with E-state index in [2.05, 4.69) is 12.1 Å². The van der Waals surface area contributed by atoms with E-state index >= 15 is 0 Å². The Kier molecular flexibility index (Phi) is 2.49. The van der Waals surface area contributed by atoms with E-state index in [0.29, 0.717) is 0 Å². The topological polar surface area (TPSA) is 37.0 Å². The lowest BCUT2D eigenvalue weighted by atomic mass is 10.0. The third-order valence-electron chi connectivity index (χ3n) is 3.01. The number of hydrogen-bond acceptors (Lipinski definition) is 2. The van der Waals surface area contributed by atoms with Gasteiger partial charge in [-0.2, -0.15) is 0 Å². The van der Waals surface area contributed by atoms with Crippen molar-refractivity contribution >= 4 is 11.0 Å². The summed E-state index contributed by atoms with van der Waals surface area (Å²) in [5, 5.41) is 8.82. The highest BCUT2D eigenvalue weighted by Gasteiger charge is 2.06. The Labute approximate surface area is 105 Å². The van der Waals surface area contributed by atoms with Gasteiger partial charge in [0.1, 0.15) is 5.58 Å². The van der Waals surface area contributed by atoms with Crippen molar-refractivity contribution in [1.82, 2.24) is 0 Å². The van der Waals surface area contributed by atoms with Crippen LogP contribution in [0, 0.1) is 12.3 Å². The average molecular weight is 235 g/mol. The molecule has 0 saturated heterocycles. The second-order valence-electron chi connectivity index (χ2n) is 4.39. The average Bonchev–Trinajstić information content (AvgIpc) is 2.38. The first-order valence-electron chi connectivity index (χ1n) is 5.88. The second kappa shape index (κ2) is 4.15. The summed E-state index contributed by atoms with van der Waals surface area (Å²) in [6.07, 6.45) is 0. The number of hydrogen-bond donors (Lipinski definition) is 1. The van der Waals surface area contributed by atoms with Crippen LogP contribution in [0.4, 0.5) is 0 Å². The first-order chi connectivity index (χ1) is 8.74. The van der Waals surface area contributed by atoms with Crippen molar-refractivity contribution in [3.8, 4) is 11.1 Å². The first-order valence-corrected chi connectivity index (χ1v) is 5.88. The lowest BCUT2D eigenvalue weighted by Crippen LogP contribution is -1.98. The Bertz CT molecular complexity index is 757. The molecule has 0 radical (unpaired) electrons. The van der Waals surface area contributed by atoms with Crippen LogP contribution in [0.5, 0.6) is 0 Å². The van der Waals surface area contributed by atoms with Crippen LogP contribution in [-0.2, 0) is 0 Å². The summed E-state index contributed by atoms with van der Waals surface area (Å²) in [5.41, 5.74) is 4.24. The summed E-state index contributed by atoms with van der Waals surface area (Å²) >= 11 is 0. The van der Waals surface area contributed by atoms with Crippen molar-refractivity contribution in [2.75, 3.05) is 0 Å². The first kappa shape index (κ1) is 10.8. The van der Waals surface area contributed by atoms with Gasteiger partial charge in [0.25, 0.3) is 0 Å². The molecule has 3 rings (SSSR count). The molecule has 0 bridgehead atoms. The van der Waals surface area contributed by atoms with Gasteiger partial charge >= 0.3 is 0 Å². The van der Waals surface area contributed by atoms with E-state index in [0.717, 1.165) is 27.7 Å². The van der Waals surface area contributed by atoms with E-state index < -0.39 is 0 Å². The van der Waals surface area contributed by atoms with E-state index in [-0.39, 0.29) is 5.55 Å². The van der Waals surface area contributed by atoms with Crippen LogP contribution >= 0.6 is 0 Å². The monoisotopic (exact) mass is 235 g/mol. The molecular weight excluding hydrogens is 222 g/mol. The molecule has 1 heterocycles. The summed E-state index contributed by atoms with van der Waals surface area (Å²) in [5.74, 6) is 0. The molecule has 3 aromatic rings. The third-order valence-corrected chi connectivity index (χ3v) is 3.01. The summed E-state index contributed by atoms with van der Waals surface area (Å²) in [7, 11) is 0. The SMILES string of the molecule is Cc1ccc2c(-c3ccccc3)cc(=N)oc2c1. The molecule has 0 atom stereocenters. The van der Waals surface area contributed by atoms with Gasteiger partial charge in [-0.25, -0.2) is 0 Å². The van der Waals surface area contributed by atoms with E-state index in [9.17, 15) is 0 Å². The number of benzene rings is 2. The minimum Gasteiger partial charge on any atom is -0.439 e. The molecule has 2 aromatic carbocycles. The molecule has 2 heteroatoms. The van der Waals surface area contributed by atoms with Crippen LogP contribution in [0.1, 0.15) is 5.56 Å². The Morgan fingerprint density at radius 2 is 1.72 bits per heavy atom. The zero-order valence-corrected chi connectivity index (χ0v) is 10.1. The van der Waals surface area contributed by atoms with Crippen LogP contribution in [0.3, 0.4) is 0 Å². The van der Waals surface area contributed by atoms with Gasteiger partial charge in [-0.3, -0.25) is 5.41 Å². The molecule has 0 amide bonds. The Morgan fingerprint density at radius 3 is 2.50 bits per heavy atom. The molecule has 88 valence electrons. The van der Waals surface area contributed by atoms with Crippen molar-refractivity contribution in [1.29, 1.82) is 5.41 Å². The Hall–Kier alpha value is -2.35. The van der Waals surface area contributed by atoms with E-state index in [1.807, 2.05) is 43.3 Å². The highest BCUT2D eigenvalue weighted by Crippen LogP contribution is 2.27. The number of rotatable bonds is 1. The predicted octanol–water partition coefficient (Wildman–Crippen LogP) is 3.89. The fraction of sp³-hybridized carbons (Fsp3) is 0.0625. The van der Waals surface area contributed by atoms with Gasteiger partial charge in [0.15, 0.2) is 0 Å². The molecule has 0 fully saturated rings. The molecule has 1 aromatic heterocycles. The maximum atomic E-state index is 7.77. The van der Waals surface area contributed by atoms with Crippen molar-refractivity contribution in [2.24, 2.45) is 0 Å². The molecule has 18 heavy (non-hydrogen) atoms. The zero-order valence-electron chi connectivity index (χ0n) is 10.1. The van der Waals surface area contributed by atoms with Gasteiger partial charge in [-0.15, -0.1) is 0 Å². The van der Waals surface area contributed by atoms with Gasteiger partial charge < -0.3 is 4.42 Å². The van der Waals surface area contributed by atoms with Crippen LogP contribution in [0.15, 0.2) is 59.0 Å². The normalized spacial score (nSPS) is 10.7. The molecule has 0 aliphatic heterocycles. The minimum atomic E-state index is 0.187. The molecular formula is C16H13NO. The Balaban J connectivity index is 2.39. The van der Waals surface area contributed by atoms with E-state index in [1.165, 1.54) is 0 Å². The standard InChI is InChI=1S/C16H13NO/c1-11-7-8-13-14(12-5-3-2-4-6-12)10-16(17)18-15(13)9-11/h2-10,17H,1H3. The fourth-order valence-corrected chi connectivity index (χ4v) is 2.15. The quantitative estimate of drug-likeness (QED) is 0.682. The van der Waals surface area contributed by atoms with Crippen LogP contribution in [0.2, 0.25) is 0 Å². The summed E-state index contributed by atoms with van der Waals surface area (Å²) in [6.45, 7) is 2.02. The highest BCUT2D eigenvalue weighted by atomic mass is 16.3. The van der Waals surface area contributed by atoms with Gasteiger partial charge in [0.2, 0.25) is 5.55 Å². The highest BCUT2D eigenvalue weighted by molar-refractivity contribution is 5.93. The second-order valence-corrected chi connectivity index (χ2v) is 4.39. The van der Waals surface area contributed by atoms with Crippen molar-refractivity contribution in [3.05, 3.63) is 65.7 Å². The van der Waals surface area contributed by atoms with Crippen molar-refractivity contribution < 1.29 is 4.42 Å². The van der Waals surface area contributed by atoms with E-state index in [1.54, 1.807) is 6.07 Å². The van der Waals surface area contributed by atoms with E-state index in [4.69, 9.17) is 9.83 Å². The third kappa shape index (κ3) is 1.82. The molecule has 0 aliphatic carbocycles. The van der Waals surface area contributed by atoms with Crippen LogP contribution in [0.25, 0.3) is 22.1 Å². The maximum Gasteiger partial charge on any atom is 0.212 e. The summed E-state index contributed by atoms with van der Waals surface area (Å²) in [6, 6.07) is 18.0. The maximum absolute atomic E-state index is 7.77. The molecule has 0 aliphatic rings. The van der Waals surface area contributed by atoms with Gasteiger partial charge in [0, 0.05) is 11.5 Å². The fourth-order valence-electron chi connectivity index (χ4n) is 2.15. The predicted molar refractivity (Wildman–Crippen MR) is 72.2 cm³/mol. The molecule has 0 spiro atoms. The molecule has 2 nitrogen and oxygen atoms in total. The zero-order chi connectivity index (χ0) is 12.5. The smallest absolute Gasteiger partial charge is 0.212 e. The van der Waals surface area contributed by atoms with Crippen molar-refractivity contribution in [2.45, 2.75) is 6.92 Å². The largest absolute Gasteiger partial charge is 0.439 e. The number of aryl methyl sites for hydroxylation is 1. The van der Waals surface area contributed by atoms with Gasteiger partial charge in [0.05, 0.1) is 0 Å². The van der Waals surface area contributed by atoms with Gasteiger partial charge in [-0.05, 0) is 29.7 Å². The van der Waals surface area contributed by atoms with Crippen molar-refractivity contribution in [3.63, 3.8) is 0 Å². The van der Waals surface area contributed by atoms with Crippen LogP contribution in [-0.4, -0.2) is 0 Å². The molecule has 1 N–H and O–H groups in total. The Morgan fingerprint density at radius 1 is 0.944 bits per heavy atom. The van der Waals surface area contributed by atoms with Crippen LogP contribution < -0.4 is 5.55 Å². The molecule has 0 saturated carbocycles. The lowest BCUT2D eigenvalue weighted by molar-refractivity contribution is 0.533.